The van der Waals surface area contributed by atoms with Crippen LogP contribution in [0.1, 0.15) is 27.2 Å². The minimum absolute atomic E-state index is 0.0174. The third-order valence-corrected chi connectivity index (χ3v) is 7.01. The number of nitrogens with zero attached hydrogens (tertiary/aromatic N) is 2. The largest absolute Gasteiger partial charge is 0.493 e. The van der Waals surface area contributed by atoms with Gasteiger partial charge in [-0.1, -0.05) is 18.2 Å². The molecule has 2 amide bonds. The summed E-state index contributed by atoms with van der Waals surface area (Å²) in [4.78, 5) is 33.5. The standard InChI is InChI=1S/C28H30N4O4/c1-17-21(28(34)32-12-10-31(2)11-13-32)16-29-23(17)15-20-26-19(6-5-7-22(26)30-27(20)33)18-8-9-24(35-3)25(14-18)36-4/h5-9,14-16,29H,10-13H2,1-4H3,(H,30,33). The normalized spacial score (nSPS) is 16.7. The van der Waals surface area contributed by atoms with Crippen molar-refractivity contribution in [3.05, 3.63) is 65.0 Å². The van der Waals surface area contributed by atoms with E-state index in [4.69, 9.17) is 9.47 Å². The van der Waals surface area contributed by atoms with E-state index >= 15 is 0 Å². The molecule has 5 rings (SSSR count). The topological polar surface area (TPSA) is 86.9 Å². The Morgan fingerprint density at radius 2 is 1.78 bits per heavy atom. The summed E-state index contributed by atoms with van der Waals surface area (Å²) >= 11 is 0. The second-order valence-corrected chi connectivity index (χ2v) is 9.15. The van der Waals surface area contributed by atoms with Crippen molar-refractivity contribution in [2.45, 2.75) is 6.92 Å². The van der Waals surface area contributed by atoms with E-state index in [-0.39, 0.29) is 11.8 Å². The van der Waals surface area contributed by atoms with Crippen molar-refractivity contribution in [1.29, 1.82) is 0 Å². The zero-order valence-electron chi connectivity index (χ0n) is 21.0. The molecular weight excluding hydrogens is 456 g/mol. The monoisotopic (exact) mass is 486 g/mol. The number of likely N-dealkylation sites (N-methyl/N-ethyl adjacent to an activating group) is 1. The number of aromatic nitrogens is 1. The highest BCUT2D eigenvalue weighted by Gasteiger charge is 2.29. The number of anilines is 1. The van der Waals surface area contributed by atoms with Crippen LogP contribution in [-0.4, -0.2) is 74.0 Å². The summed E-state index contributed by atoms with van der Waals surface area (Å²) in [5, 5.41) is 2.98. The molecule has 2 aliphatic rings. The van der Waals surface area contributed by atoms with Gasteiger partial charge in [-0.05, 0) is 54.9 Å². The molecule has 0 saturated carbocycles. The first-order valence-corrected chi connectivity index (χ1v) is 12.0. The van der Waals surface area contributed by atoms with Gasteiger partial charge in [0.05, 0.1) is 25.4 Å². The fourth-order valence-electron chi connectivity index (χ4n) is 4.84. The van der Waals surface area contributed by atoms with Crippen molar-refractivity contribution in [3.63, 3.8) is 0 Å². The lowest BCUT2D eigenvalue weighted by molar-refractivity contribution is -0.110. The maximum atomic E-state index is 13.2. The molecule has 1 aromatic heterocycles. The van der Waals surface area contributed by atoms with Gasteiger partial charge in [-0.25, -0.2) is 0 Å². The quantitative estimate of drug-likeness (QED) is 0.535. The molecule has 2 aliphatic heterocycles. The number of nitrogens with one attached hydrogen (secondary N) is 2. The Kier molecular flexibility index (Phi) is 6.28. The maximum Gasteiger partial charge on any atom is 0.256 e. The summed E-state index contributed by atoms with van der Waals surface area (Å²) < 4.78 is 10.9. The van der Waals surface area contributed by atoms with Crippen molar-refractivity contribution in [2.75, 3.05) is 52.8 Å². The zero-order chi connectivity index (χ0) is 25.4. The Morgan fingerprint density at radius 1 is 1.03 bits per heavy atom. The van der Waals surface area contributed by atoms with Gasteiger partial charge in [-0.3, -0.25) is 9.59 Å². The van der Waals surface area contributed by atoms with E-state index in [0.717, 1.165) is 46.7 Å². The van der Waals surface area contributed by atoms with Gasteiger partial charge >= 0.3 is 0 Å². The van der Waals surface area contributed by atoms with Crippen LogP contribution in [0.3, 0.4) is 0 Å². The van der Waals surface area contributed by atoms with Crippen LogP contribution in [0.2, 0.25) is 0 Å². The lowest BCUT2D eigenvalue weighted by Crippen LogP contribution is -2.47. The van der Waals surface area contributed by atoms with Gasteiger partial charge in [0.15, 0.2) is 11.5 Å². The number of fused-ring (bicyclic) bond motifs is 1. The predicted octanol–water partition coefficient (Wildman–Crippen LogP) is 3.89. The zero-order valence-corrected chi connectivity index (χ0v) is 21.0. The molecular formula is C28H30N4O4. The number of hydrogen-bond donors (Lipinski definition) is 2. The Hall–Kier alpha value is -4.04. The lowest BCUT2D eigenvalue weighted by Gasteiger charge is -2.32. The van der Waals surface area contributed by atoms with Crippen molar-refractivity contribution in [3.8, 4) is 22.6 Å². The number of piperazine rings is 1. The smallest absolute Gasteiger partial charge is 0.256 e. The van der Waals surface area contributed by atoms with Crippen LogP contribution in [0.5, 0.6) is 11.5 Å². The number of hydrogen-bond acceptors (Lipinski definition) is 5. The molecule has 1 saturated heterocycles. The van der Waals surface area contributed by atoms with Gasteiger partial charge in [0, 0.05) is 49.3 Å². The highest BCUT2D eigenvalue weighted by Crippen LogP contribution is 2.42. The molecule has 3 heterocycles. The molecule has 0 spiro atoms. The summed E-state index contributed by atoms with van der Waals surface area (Å²) in [5.41, 5.74) is 6.12. The molecule has 3 aromatic rings. The van der Waals surface area contributed by atoms with E-state index in [1.54, 1.807) is 20.4 Å². The van der Waals surface area contributed by atoms with E-state index in [2.05, 4.69) is 22.2 Å². The fraction of sp³-hybridized carbons (Fsp3) is 0.286. The second kappa shape index (κ2) is 9.54. The van der Waals surface area contributed by atoms with Crippen LogP contribution in [0.4, 0.5) is 5.69 Å². The summed E-state index contributed by atoms with van der Waals surface area (Å²) in [5.74, 6) is 1.09. The van der Waals surface area contributed by atoms with Crippen LogP contribution < -0.4 is 14.8 Å². The van der Waals surface area contributed by atoms with Gasteiger partial charge < -0.3 is 29.6 Å². The Labute approximate surface area is 210 Å². The van der Waals surface area contributed by atoms with Crippen LogP contribution in [0.15, 0.2) is 42.6 Å². The second-order valence-electron chi connectivity index (χ2n) is 9.15. The highest BCUT2D eigenvalue weighted by molar-refractivity contribution is 6.36. The van der Waals surface area contributed by atoms with Gasteiger partial charge in [-0.15, -0.1) is 0 Å². The first kappa shape index (κ1) is 23.7. The molecule has 2 N–H and O–H groups in total. The molecule has 0 radical (unpaired) electrons. The van der Waals surface area contributed by atoms with Crippen LogP contribution in [0, 0.1) is 6.92 Å². The number of H-pyrrole nitrogens is 1. The summed E-state index contributed by atoms with van der Waals surface area (Å²) in [6.45, 7) is 5.06. The molecule has 8 heteroatoms. The van der Waals surface area contributed by atoms with Gasteiger partial charge in [0.2, 0.25) is 0 Å². The molecule has 186 valence electrons. The van der Waals surface area contributed by atoms with Gasteiger partial charge in [0.25, 0.3) is 11.8 Å². The average Bonchev–Trinajstić information content (AvgIpc) is 3.42. The van der Waals surface area contributed by atoms with E-state index in [9.17, 15) is 9.59 Å². The first-order chi connectivity index (χ1) is 17.4. The minimum Gasteiger partial charge on any atom is -0.493 e. The third kappa shape index (κ3) is 4.13. The third-order valence-electron chi connectivity index (χ3n) is 7.01. The van der Waals surface area contributed by atoms with Crippen LogP contribution in [-0.2, 0) is 4.79 Å². The number of amides is 2. The SMILES string of the molecule is COc1ccc(-c2cccc3c2C(=Cc2[nH]cc(C(=O)N4CCN(C)CC4)c2C)C(=O)N3)cc1OC. The molecule has 0 unspecified atom stereocenters. The number of ether oxygens (including phenoxy) is 2. The molecule has 8 nitrogen and oxygen atoms in total. The summed E-state index contributed by atoms with van der Waals surface area (Å²) in [6.07, 6.45) is 3.58. The number of carbonyl (C=O) groups is 2. The van der Waals surface area contributed by atoms with Crippen molar-refractivity contribution in [1.82, 2.24) is 14.8 Å². The molecule has 1 fully saturated rings. The van der Waals surface area contributed by atoms with Gasteiger partial charge in [0.1, 0.15) is 0 Å². The fourth-order valence-corrected chi connectivity index (χ4v) is 4.84. The Morgan fingerprint density at radius 3 is 2.50 bits per heavy atom. The Balaban J connectivity index is 1.53. The molecule has 0 bridgehead atoms. The van der Waals surface area contributed by atoms with Gasteiger partial charge in [-0.2, -0.15) is 0 Å². The maximum absolute atomic E-state index is 13.2. The van der Waals surface area contributed by atoms with Crippen molar-refractivity contribution < 1.29 is 19.1 Å². The van der Waals surface area contributed by atoms with E-state index in [0.29, 0.717) is 35.7 Å². The number of carbonyl (C=O) groups excluding carboxylic acids is 2. The molecule has 2 aromatic carbocycles. The number of methoxy groups -OCH3 is 2. The Bertz CT molecular complexity index is 1370. The van der Waals surface area contributed by atoms with Crippen molar-refractivity contribution >= 4 is 29.2 Å². The van der Waals surface area contributed by atoms with Crippen LogP contribution >= 0.6 is 0 Å². The summed E-state index contributed by atoms with van der Waals surface area (Å²) in [6, 6.07) is 11.5. The van der Waals surface area contributed by atoms with E-state index in [1.807, 2.05) is 54.3 Å². The van der Waals surface area contributed by atoms with E-state index < -0.39 is 0 Å². The highest BCUT2D eigenvalue weighted by atomic mass is 16.5. The average molecular weight is 487 g/mol. The molecule has 0 atom stereocenters. The van der Waals surface area contributed by atoms with Crippen LogP contribution in [0.25, 0.3) is 22.8 Å². The summed E-state index contributed by atoms with van der Waals surface area (Å²) in [7, 11) is 5.26. The first-order valence-electron chi connectivity index (χ1n) is 12.0. The number of benzene rings is 2. The number of aromatic amines is 1. The van der Waals surface area contributed by atoms with E-state index in [1.165, 1.54) is 0 Å². The lowest BCUT2D eigenvalue weighted by atomic mass is 9.94. The van der Waals surface area contributed by atoms with Crippen molar-refractivity contribution in [2.24, 2.45) is 0 Å². The predicted molar refractivity (Wildman–Crippen MR) is 140 cm³/mol. The number of rotatable bonds is 5. The molecule has 36 heavy (non-hydrogen) atoms. The molecule has 0 aliphatic carbocycles. The minimum atomic E-state index is -0.182.